The first-order chi connectivity index (χ1) is 15.2. The molecule has 1 atom stereocenters. The summed E-state index contributed by atoms with van der Waals surface area (Å²) in [5.74, 6) is 3.04. The number of thioether (sulfide) groups is 1. The standard InChI is InChI=1S/C24H22N2O3S2/c1-15-19(26-23(29-15)16-5-3-2-4-6-16)9-11-28-21-8-7-17(18-10-12-30-22(18)21)13-20-24(27)31-14-25-20/h2-8,10,12,20,25H,9,11,13-14H2,1H3. The molecule has 1 fully saturated rings. The van der Waals surface area contributed by atoms with Gasteiger partial charge >= 0.3 is 0 Å². The highest BCUT2D eigenvalue weighted by Crippen LogP contribution is 2.34. The van der Waals surface area contributed by atoms with Crippen LogP contribution in [0.1, 0.15) is 17.0 Å². The highest BCUT2D eigenvalue weighted by molar-refractivity contribution is 8.14. The van der Waals surface area contributed by atoms with E-state index in [4.69, 9.17) is 9.15 Å². The molecule has 1 aliphatic rings. The fourth-order valence-electron chi connectivity index (χ4n) is 3.78. The average molecular weight is 451 g/mol. The number of aryl methyl sites for hydroxylation is 1. The van der Waals surface area contributed by atoms with Gasteiger partial charge in [-0.1, -0.05) is 36.0 Å². The second kappa shape index (κ2) is 8.86. The van der Waals surface area contributed by atoms with E-state index < -0.39 is 0 Å². The molecule has 1 aliphatic heterocycles. The lowest BCUT2D eigenvalue weighted by molar-refractivity contribution is -0.112. The minimum absolute atomic E-state index is 0.103. The van der Waals surface area contributed by atoms with Crippen LogP contribution >= 0.6 is 23.1 Å². The Morgan fingerprint density at radius 1 is 1.19 bits per heavy atom. The van der Waals surface area contributed by atoms with Gasteiger partial charge in [0.05, 0.1) is 28.9 Å². The Kier molecular flexibility index (Phi) is 5.80. The smallest absolute Gasteiger partial charge is 0.226 e. The number of hydrogen-bond donors (Lipinski definition) is 1. The zero-order valence-corrected chi connectivity index (χ0v) is 18.7. The zero-order valence-electron chi connectivity index (χ0n) is 17.1. The van der Waals surface area contributed by atoms with Gasteiger partial charge in [0.1, 0.15) is 11.5 Å². The molecule has 0 aliphatic carbocycles. The van der Waals surface area contributed by atoms with Gasteiger partial charge in [0.25, 0.3) is 0 Å². The minimum atomic E-state index is -0.103. The van der Waals surface area contributed by atoms with Gasteiger partial charge in [0.15, 0.2) is 0 Å². The Labute approximate surface area is 188 Å². The van der Waals surface area contributed by atoms with E-state index in [1.807, 2.05) is 43.3 Å². The summed E-state index contributed by atoms with van der Waals surface area (Å²) >= 11 is 3.03. The van der Waals surface area contributed by atoms with E-state index in [1.165, 1.54) is 17.3 Å². The molecule has 1 N–H and O–H groups in total. The van der Waals surface area contributed by atoms with Crippen molar-refractivity contribution in [3.63, 3.8) is 0 Å². The van der Waals surface area contributed by atoms with Crippen LogP contribution in [-0.4, -0.2) is 28.6 Å². The highest BCUT2D eigenvalue weighted by atomic mass is 32.2. The molecule has 0 spiro atoms. The van der Waals surface area contributed by atoms with E-state index in [1.54, 1.807) is 11.3 Å². The number of nitrogens with zero attached hydrogens (tertiary/aromatic N) is 1. The van der Waals surface area contributed by atoms with Crippen LogP contribution in [0.3, 0.4) is 0 Å². The van der Waals surface area contributed by atoms with E-state index in [0.717, 1.165) is 32.9 Å². The molecule has 158 valence electrons. The minimum Gasteiger partial charge on any atom is -0.492 e. The van der Waals surface area contributed by atoms with Crippen molar-refractivity contribution in [2.45, 2.75) is 25.8 Å². The first-order valence-corrected chi connectivity index (χ1v) is 12.1. The molecule has 0 radical (unpaired) electrons. The summed E-state index contributed by atoms with van der Waals surface area (Å²) in [5, 5.41) is 6.73. The molecule has 2 aromatic heterocycles. The molecule has 7 heteroatoms. The Morgan fingerprint density at radius 2 is 2.06 bits per heavy atom. The predicted octanol–water partition coefficient (Wildman–Crippen LogP) is 5.22. The monoisotopic (exact) mass is 450 g/mol. The second-order valence-electron chi connectivity index (χ2n) is 7.44. The van der Waals surface area contributed by atoms with Crippen molar-refractivity contribution in [1.82, 2.24) is 10.3 Å². The number of rotatable bonds is 7. The Balaban J connectivity index is 1.28. The summed E-state index contributed by atoms with van der Waals surface area (Å²) in [6.07, 6.45) is 1.38. The van der Waals surface area contributed by atoms with Crippen LogP contribution in [0.4, 0.5) is 0 Å². The van der Waals surface area contributed by atoms with Crippen molar-refractivity contribution in [3.05, 3.63) is 70.9 Å². The second-order valence-corrected chi connectivity index (χ2v) is 9.34. The number of nitrogens with one attached hydrogen (secondary N) is 1. The fraction of sp³-hybridized carbons (Fsp3) is 0.250. The van der Waals surface area contributed by atoms with Crippen molar-refractivity contribution in [3.8, 4) is 17.2 Å². The largest absolute Gasteiger partial charge is 0.492 e. The van der Waals surface area contributed by atoms with E-state index in [-0.39, 0.29) is 11.2 Å². The lowest BCUT2D eigenvalue weighted by Gasteiger charge is -2.12. The predicted molar refractivity (Wildman–Crippen MR) is 126 cm³/mol. The molecule has 1 saturated heterocycles. The fourth-order valence-corrected chi connectivity index (χ4v) is 5.48. The number of thiophene rings is 1. The molecule has 31 heavy (non-hydrogen) atoms. The molecule has 1 unspecified atom stereocenters. The van der Waals surface area contributed by atoms with Crippen LogP contribution in [0.25, 0.3) is 21.5 Å². The third-order valence-electron chi connectivity index (χ3n) is 5.43. The van der Waals surface area contributed by atoms with Crippen molar-refractivity contribution in [2.75, 3.05) is 12.5 Å². The van der Waals surface area contributed by atoms with E-state index in [2.05, 4.69) is 27.8 Å². The number of carbonyl (C=O) groups is 1. The van der Waals surface area contributed by atoms with Gasteiger partial charge in [0.2, 0.25) is 11.0 Å². The maximum absolute atomic E-state index is 12.0. The summed E-state index contributed by atoms with van der Waals surface area (Å²) in [5.41, 5.74) is 3.07. The Hall–Kier alpha value is -2.61. The van der Waals surface area contributed by atoms with Gasteiger partial charge in [-0.3, -0.25) is 10.1 Å². The van der Waals surface area contributed by atoms with Gasteiger partial charge in [-0.2, -0.15) is 0 Å². The molecule has 5 nitrogen and oxygen atoms in total. The zero-order chi connectivity index (χ0) is 21.2. The molecular weight excluding hydrogens is 428 g/mol. The van der Waals surface area contributed by atoms with Gasteiger partial charge < -0.3 is 9.15 Å². The summed E-state index contributed by atoms with van der Waals surface area (Å²) in [4.78, 5) is 16.6. The number of fused-ring (bicyclic) bond motifs is 1. The number of ether oxygens (including phenoxy) is 1. The van der Waals surface area contributed by atoms with E-state index >= 15 is 0 Å². The quantitative estimate of drug-likeness (QED) is 0.417. The van der Waals surface area contributed by atoms with Gasteiger partial charge in [-0.25, -0.2) is 4.98 Å². The van der Waals surface area contributed by atoms with Crippen LogP contribution in [0.5, 0.6) is 5.75 Å². The Bertz CT molecular complexity index is 1220. The van der Waals surface area contributed by atoms with Gasteiger partial charge in [-0.15, -0.1) is 11.3 Å². The number of oxazole rings is 1. The molecule has 0 saturated carbocycles. The summed E-state index contributed by atoms with van der Waals surface area (Å²) in [7, 11) is 0. The topological polar surface area (TPSA) is 64.4 Å². The average Bonchev–Trinajstić information content (AvgIpc) is 3.51. The maximum Gasteiger partial charge on any atom is 0.226 e. The van der Waals surface area contributed by atoms with Crippen LogP contribution in [0.2, 0.25) is 0 Å². The summed E-state index contributed by atoms with van der Waals surface area (Å²) in [6.45, 7) is 2.46. The SMILES string of the molecule is Cc1oc(-c2ccccc2)nc1CCOc1ccc(CC2NCSC2=O)c2ccsc12. The van der Waals surface area contributed by atoms with Crippen LogP contribution in [0.15, 0.2) is 58.3 Å². The number of carbonyl (C=O) groups excluding carboxylic acids is 1. The number of benzene rings is 2. The van der Waals surface area contributed by atoms with Crippen molar-refractivity contribution in [1.29, 1.82) is 0 Å². The van der Waals surface area contributed by atoms with Gasteiger partial charge in [-0.05, 0) is 53.9 Å². The number of hydrogen-bond acceptors (Lipinski definition) is 7. The van der Waals surface area contributed by atoms with Crippen LogP contribution < -0.4 is 10.1 Å². The first-order valence-electron chi connectivity index (χ1n) is 10.2. The maximum atomic E-state index is 12.0. The van der Waals surface area contributed by atoms with Crippen LogP contribution in [0, 0.1) is 6.92 Å². The molecular formula is C24H22N2O3S2. The molecule has 3 heterocycles. The molecule has 4 aromatic rings. The van der Waals surface area contributed by atoms with Crippen LogP contribution in [-0.2, 0) is 17.6 Å². The first kappa shape index (κ1) is 20.3. The highest BCUT2D eigenvalue weighted by Gasteiger charge is 2.25. The molecule has 5 rings (SSSR count). The van der Waals surface area contributed by atoms with Crippen molar-refractivity contribution in [2.24, 2.45) is 0 Å². The summed E-state index contributed by atoms with van der Waals surface area (Å²) < 4.78 is 13.1. The third kappa shape index (κ3) is 4.26. The lowest BCUT2D eigenvalue weighted by Crippen LogP contribution is -2.29. The molecule has 2 aromatic carbocycles. The number of aromatic nitrogens is 1. The normalized spacial score (nSPS) is 16.3. The van der Waals surface area contributed by atoms with Crippen molar-refractivity contribution >= 4 is 38.3 Å². The van der Waals surface area contributed by atoms with E-state index in [9.17, 15) is 4.79 Å². The summed E-state index contributed by atoms with van der Waals surface area (Å²) in [6, 6.07) is 16.0. The van der Waals surface area contributed by atoms with E-state index in [0.29, 0.717) is 31.2 Å². The Morgan fingerprint density at radius 3 is 2.87 bits per heavy atom. The molecule has 0 amide bonds. The lowest BCUT2D eigenvalue weighted by atomic mass is 10.0. The molecule has 0 bridgehead atoms. The third-order valence-corrected chi connectivity index (χ3v) is 7.24. The van der Waals surface area contributed by atoms with Crippen molar-refractivity contribution < 1.29 is 13.9 Å². The van der Waals surface area contributed by atoms with Gasteiger partial charge in [0, 0.05) is 12.0 Å².